The highest BCUT2D eigenvalue weighted by molar-refractivity contribution is 7.89. The maximum Gasteiger partial charge on any atom is 0.251 e. The van der Waals surface area contributed by atoms with Crippen LogP contribution in [0.4, 0.5) is 0 Å². The van der Waals surface area contributed by atoms with E-state index in [-0.39, 0.29) is 16.8 Å². The zero-order valence-electron chi connectivity index (χ0n) is 16.4. The molecule has 1 aromatic carbocycles. The first-order valence-electron chi connectivity index (χ1n) is 9.64. The maximum atomic E-state index is 12.8. The van der Waals surface area contributed by atoms with Crippen LogP contribution in [0.5, 0.6) is 0 Å². The van der Waals surface area contributed by atoms with E-state index >= 15 is 0 Å². The summed E-state index contributed by atoms with van der Waals surface area (Å²) in [6.45, 7) is 6.82. The van der Waals surface area contributed by atoms with Gasteiger partial charge in [-0.05, 0) is 38.1 Å². The van der Waals surface area contributed by atoms with Crippen LogP contribution >= 0.6 is 0 Å². The fourth-order valence-electron chi connectivity index (χ4n) is 3.78. The number of carbonyl (C=O) groups excluding carboxylic acids is 1. The van der Waals surface area contributed by atoms with Gasteiger partial charge in [-0.15, -0.1) is 0 Å². The number of nitrogens with one attached hydrogen (secondary N) is 2. The number of aryl methyl sites for hydroxylation is 1. The Labute approximate surface area is 166 Å². The highest BCUT2D eigenvalue weighted by Crippen LogP contribution is 2.22. The molecular weight excluding hydrogens is 382 g/mol. The molecule has 2 unspecified atom stereocenters. The third-order valence-corrected chi connectivity index (χ3v) is 6.94. The van der Waals surface area contributed by atoms with Crippen LogP contribution in [0.25, 0.3) is 0 Å². The average molecular weight is 412 g/mol. The molecule has 2 aliphatic heterocycles. The molecule has 2 fully saturated rings. The molecule has 9 heteroatoms. The van der Waals surface area contributed by atoms with Crippen molar-refractivity contribution in [2.24, 2.45) is 5.92 Å². The molecule has 1 amide bonds. The first kappa shape index (κ1) is 21.2. The summed E-state index contributed by atoms with van der Waals surface area (Å²) in [6.07, 6.45) is 0.979. The molecule has 2 atom stereocenters. The van der Waals surface area contributed by atoms with Gasteiger partial charge in [0, 0.05) is 43.8 Å². The topological polar surface area (TPSA) is 97.0 Å². The van der Waals surface area contributed by atoms with Crippen molar-refractivity contribution in [2.45, 2.75) is 24.3 Å². The second-order valence-electron chi connectivity index (χ2n) is 7.23. The van der Waals surface area contributed by atoms with E-state index in [2.05, 4.69) is 14.9 Å². The van der Waals surface area contributed by atoms with E-state index in [0.717, 1.165) is 31.7 Å². The molecule has 28 heavy (non-hydrogen) atoms. The van der Waals surface area contributed by atoms with Crippen LogP contribution in [0, 0.1) is 12.8 Å². The third kappa shape index (κ3) is 4.90. The molecule has 8 nitrogen and oxygen atoms in total. The highest BCUT2D eigenvalue weighted by Gasteiger charge is 2.32. The Morgan fingerprint density at radius 3 is 2.64 bits per heavy atom. The standard InChI is InChI=1S/C19H29N3O5S/c1-14-3-4-16(28(24,25)20-2)11-17(14)19(23)21-12-18(15-5-8-27-13-15)22-6-9-26-10-7-22/h3-4,11,15,18,20H,5-10,12-13H2,1-2H3,(H,21,23). The predicted molar refractivity (Wildman–Crippen MR) is 105 cm³/mol. The van der Waals surface area contributed by atoms with Gasteiger partial charge in [0.25, 0.3) is 5.91 Å². The molecule has 1 aromatic rings. The van der Waals surface area contributed by atoms with Crippen molar-refractivity contribution in [3.63, 3.8) is 0 Å². The van der Waals surface area contributed by atoms with Crippen LogP contribution < -0.4 is 10.0 Å². The molecule has 0 saturated carbocycles. The Morgan fingerprint density at radius 1 is 1.25 bits per heavy atom. The van der Waals surface area contributed by atoms with E-state index in [1.54, 1.807) is 13.0 Å². The number of sulfonamides is 1. The third-order valence-electron chi connectivity index (χ3n) is 5.53. The molecule has 0 bridgehead atoms. The van der Waals surface area contributed by atoms with Crippen molar-refractivity contribution in [1.29, 1.82) is 0 Å². The van der Waals surface area contributed by atoms with Gasteiger partial charge in [0.05, 0.1) is 24.7 Å². The van der Waals surface area contributed by atoms with Crippen LogP contribution in [0.3, 0.4) is 0 Å². The maximum absolute atomic E-state index is 12.8. The lowest BCUT2D eigenvalue weighted by atomic mass is 9.96. The summed E-state index contributed by atoms with van der Waals surface area (Å²) in [5, 5.41) is 3.02. The lowest BCUT2D eigenvalue weighted by Crippen LogP contribution is -2.52. The summed E-state index contributed by atoms with van der Waals surface area (Å²) < 4.78 is 37.4. The molecule has 3 rings (SSSR count). The number of benzene rings is 1. The quantitative estimate of drug-likeness (QED) is 0.673. The lowest BCUT2D eigenvalue weighted by Gasteiger charge is -2.37. The van der Waals surface area contributed by atoms with Crippen molar-refractivity contribution >= 4 is 15.9 Å². The number of ether oxygens (including phenoxy) is 2. The normalized spacial score (nSPS) is 22.1. The number of morpholine rings is 1. The van der Waals surface area contributed by atoms with Gasteiger partial charge in [-0.3, -0.25) is 9.69 Å². The van der Waals surface area contributed by atoms with E-state index in [9.17, 15) is 13.2 Å². The van der Waals surface area contributed by atoms with Crippen molar-refractivity contribution in [3.05, 3.63) is 29.3 Å². The first-order valence-corrected chi connectivity index (χ1v) is 11.1. The van der Waals surface area contributed by atoms with Crippen molar-refractivity contribution in [1.82, 2.24) is 14.9 Å². The van der Waals surface area contributed by atoms with Crippen LogP contribution in [0.2, 0.25) is 0 Å². The van der Waals surface area contributed by atoms with Gasteiger partial charge >= 0.3 is 0 Å². The zero-order chi connectivity index (χ0) is 20.1. The molecular formula is C19H29N3O5S. The van der Waals surface area contributed by atoms with Crippen LogP contribution in [-0.4, -0.2) is 78.4 Å². The monoisotopic (exact) mass is 411 g/mol. The van der Waals surface area contributed by atoms with Crippen molar-refractivity contribution in [3.8, 4) is 0 Å². The largest absolute Gasteiger partial charge is 0.381 e. The number of hydrogen-bond donors (Lipinski definition) is 2. The number of carbonyl (C=O) groups is 1. The van der Waals surface area contributed by atoms with E-state index in [4.69, 9.17) is 9.47 Å². The first-order chi connectivity index (χ1) is 13.4. The number of rotatable bonds is 7. The van der Waals surface area contributed by atoms with Crippen molar-refractivity contribution in [2.75, 3.05) is 53.1 Å². The zero-order valence-corrected chi connectivity index (χ0v) is 17.3. The predicted octanol–water partition coefficient (Wildman–Crippen LogP) is 0.370. The SMILES string of the molecule is CNS(=O)(=O)c1ccc(C)c(C(=O)NCC(C2CCOC2)N2CCOCC2)c1. The summed E-state index contributed by atoms with van der Waals surface area (Å²) in [7, 11) is -2.25. The Kier molecular flexibility index (Phi) is 7.05. The minimum atomic E-state index is -3.60. The number of hydrogen-bond acceptors (Lipinski definition) is 6. The van der Waals surface area contributed by atoms with Gasteiger partial charge in [0.15, 0.2) is 0 Å². The summed E-state index contributed by atoms with van der Waals surface area (Å²) >= 11 is 0. The summed E-state index contributed by atoms with van der Waals surface area (Å²) in [6, 6.07) is 4.77. The molecule has 0 radical (unpaired) electrons. The summed E-state index contributed by atoms with van der Waals surface area (Å²) in [5.41, 5.74) is 1.11. The Balaban J connectivity index is 1.73. The molecule has 0 aliphatic carbocycles. The minimum absolute atomic E-state index is 0.0830. The molecule has 2 heterocycles. The van der Waals surface area contributed by atoms with E-state index < -0.39 is 10.0 Å². The fraction of sp³-hybridized carbons (Fsp3) is 0.632. The smallest absolute Gasteiger partial charge is 0.251 e. The summed E-state index contributed by atoms with van der Waals surface area (Å²) in [5.74, 6) is 0.110. The van der Waals surface area contributed by atoms with Crippen LogP contribution in [0.1, 0.15) is 22.3 Å². The van der Waals surface area contributed by atoms with Crippen LogP contribution in [-0.2, 0) is 19.5 Å². The van der Waals surface area contributed by atoms with Crippen molar-refractivity contribution < 1.29 is 22.7 Å². The minimum Gasteiger partial charge on any atom is -0.381 e. The molecule has 0 spiro atoms. The summed E-state index contributed by atoms with van der Waals surface area (Å²) in [4.78, 5) is 15.3. The average Bonchev–Trinajstić information content (AvgIpc) is 3.23. The Bertz CT molecular complexity index is 787. The van der Waals surface area contributed by atoms with E-state index in [1.807, 2.05) is 0 Å². The second-order valence-corrected chi connectivity index (χ2v) is 9.12. The van der Waals surface area contributed by atoms with Gasteiger partial charge < -0.3 is 14.8 Å². The fourth-order valence-corrected chi connectivity index (χ4v) is 4.54. The molecule has 2 aliphatic rings. The van der Waals surface area contributed by atoms with Gasteiger partial charge in [-0.2, -0.15) is 0 Å². The van der Waals surface area contributed by atoms with E-state index in [1.165, 1.54) is 19.2 Å². The van der Waals surface area contributed by atoms with Crippen LogP contribution in [0.15, 0.2) is 23.1 Å². The van der Waals surface area contributed by atoms with Gasteiger partial charge in [-0.1, -0.05) is 6.07 Å². The second kappa shape index (κ2) is 9.32. The van der Waals surface area contributed by atoms with Gasteiger partial charge in [0.2, 0.25) is 10.0 Å². The van der Waals surface area contributed by atoms with E-state index in [0.29, 0.717) is 37.8 Å². The molecule has 2 N–H and O–H groups in total. The lowest BCUT2D eigenvalue weighted by molar-refractivity contribution is 0.00166. The Morgan fingerprint density at radius 2 is 2.00 bits per heavy atom. The molecule has 0 aromatic heterocycles. The number of amides is 1. The van der Waals surface area contributed by atoms with Gasteiger partial charge in [-0.25, -0.2) is 13.1 Å². The highest BCUT2D eigenvalue weighted by atomic mass is 32.2. The molecule has 156 valence electrons. The molecule has 2 saturated heterocycles. The Hall–Kier alpha value is -1.52. The van der Waals surface area contributed by atoms with Gasteiger partial charge in [0.1, 0.15) is 0 Å². The number of nitrogens with zero attached hydrogens (tertiary/aromatic N) is 1.